The number of hydrogen-bond acceptors (Lipinski definition) is 2. The van der Waals surface area contributed by atoms with Crippen LogP contribution in [0.3, 0.4) is 0 Å². The molecule has 0 atom stereocenters. The molecule has 2 nitrogen and oxygen atoms in total. The number of rotatable bonds is 6. The monoisotopic (exact) mass is 245 g/mol. The fraction of sp³-hybridized carbons (Fsp3) is 0.500. The van der Waals surface area contributed by atoms with E-state index in [-0.39, 0.29) is 5.60 Å². The van der Waals surface area contributed by atoms with Gasteiger partial charge in [-0.3, -0.25) is 0 Å². The first-order valence-electron chi connectivity index (χ1n) is 6.74. The van der Waals surface area contributed by atoms with Crippen molar-refractivity contribution in [2.75, 3.05) is 6.54 Å². The molecule has 18 heavy (non-hydrogen) atoms. The number of benzene rings is 1. The molecule has 1 aromatic carbocycles. The van der Waals surface area contributed by atoms with Crippen molar-refractivity contribution in [1.29, 1.82) is 0 Å². The maximum absolute atomic E-state index is 6.05. The quantitative estimate of drug-likeness (QED) is 0.612. The number of para-hydroxylation sites is 1. The van der Waals surface area contributed by atoms with E-state index in [4.69, 9.17) is 4.74 Å². The molecule has 2 rings (SSSR count). The standard InChI is InChI=1S/C16H23NO/c1-4-5-6-10-17-12-14-9-7-8-13-11-16(2,3)18-15(13)14/h4,7-9,17H,1,5-6,10-12H2,2-3H3. The number of allylic oxidation sites excluding steroid dienone is 1. The molecule has 0 aliphatic carbocycles. The van der Waals surface area contributed by atoms with Crippen molar-refractivity contribution < 1.29 is 4.74 Å². The Kier molecular flexibility index (Phi) is 4.07. The van der Waals surface area contributed by atoms with Gasteiger partial charge in [-0.15, -0.1) is 6.58 Å². The highest BCUT2D eigenvalue weighted by Crippen LogP contribution is 2.37. The maximum Gasteiger partial charge on any atom is 0.127 e. The molecule has 1 aromatic rings. The molecule has 0 spiro atoms. The Balaban J connectivity index is 1.95. The zero-order valence-electron chi connectivity index (χ0n) is 11.5. The molecule has 0 unspecified atom stereocenters. The van der Waals surface area contributed by atoms with Crippen LogP contribution < -0.4 is 10.1 Å². The average molecular weight is 245 g/mol. The van der Waals surface area contributed by atoms with Crippen LogP contribution in [0.2, 0.25) is 0 Å². The van der Waals surface area contributed by atoms with Crippen LogP contribution in [-0.2, 0) is 13.0 Å². The van der Waals surface area contributed by atoms with E-state index in [1.165, 1.54) is 11.1 Å². The van der Waals surface area contributed by atoms with Gasteiger partial charge in [-0.2, -0.15) is 0 Å². The van der Waals surface area contributed by atoms with Crippen LogP contribution in [0.15, 0.2) is 30.9 Å². The summed E-state index contributed by atoms with van der Waals surface area (Å²) in [6.45, 7) is 9.94. The molecular weight excluding hydrogens is 222 g/mol. The highest BCUT2D eigenvalue weighted by atomic mass is 16.5. The third kappa shape index (κ3) is 3.14. The van der Waals surface area contributed by atoms with E-state index in [1.807, 2.05) is 6.08 Å². The predicted molar refractivity (Wildman–Crippen MR) is 76.0 cm³/mol. The van der Waals surface area contributed by atoms with Gasteiger partial charge in [0.25, 0.3) is 0 Å². The zero-order valence-corrected chi connectivity index (χ0v) is 11.5. The molecule has 1 N–H and O–H groups in total. The van der Waals surface area contributed by atoms with Crippen molar-refractivity contribution in [3.05, 3.63) is 42.0 Å². The minimum atomic E-state index is -0.0543. The second-order valence-corrected chi connectivity index (χ2v) is 5.55. The van der Waals surface area contributed by atoms with Crippen LogP contribution >= 0.6 is 0 Å². The summed E-state index contributed by atoms with van der Waals surface area (Å²) >= 11 is 0. The second kappa shape index (κ2) is 5.57. The largest absolute Gasteiger partial charge is 0.487 e. The lowest BCUT2D eigenvalue weighted by Crippen LogP contribution is -2.25. The van der Waals surface area contributed by atoms with Crippen LogP contribution in [0.4, 0.5) is 0 Å². The average Bonchev–Trinajstić information content (AvgIpc) is 2.63. The van der Waals surface area contributed by atoms with E-state index >= 15 is 0 Å². The SMILES string of the molecule is C=CCCCNCc1cccc2c1OC(C)(C)C2. The van der Waals surface area contributed by atoms with Crippen LogP contribution in [0.5, 0.6) is 5.75 Å². The molecule has 1 aliphatic heterocycles. The van der Waals surface area contributed by atoms with Gasteiger partial charge in [-0.1, -0.05) is 24.3 Å². The summed E-state index contributed by atoms with van der Waals surface area (Å²) in [6.07, 6.45) is 5.19. The Bertz CT molecular complexity index is 423. The molecule has 0 saturated heterocycles. The van der Waals surface area contributed by atoms with Gasteiger partial charge in [0.05, 0.1) is 0 Å². The normalized spacial score (nSPS) is 16.1. The third-order valence-corrected chi connectivity index (χ3v) is 3.25. The van der Waals surface area contributed by atoms with Crippen molar-refractivity contribution in [3.8, 4) is 5.75 Å². The van der Waals surface area contributed by atoms with E-state index < -0.39 is 0 Å². The van der Waals surface area contributed by atoms with Gasteiger partial charge in [0.1, 0.15) is 11.4 Å². The van der Waals surface area contributed by atoms with Crippen molar-refractivity contribution in [1.82, 2.24) is 5.32 Å². The first-order chi connectivity index (χ1) is 8.62. The van der Waals surface area contributed by atoms with Crippen molar-refractivity contribution in [3.63, 3.8) is 0 Å². The summed E-state index contributed by atoms with van der Waals surface area (Å²) < 4.78 is 6.05. The molecule has 2 heteroatoms. The maximum atomic E-state index is 6.05. The Morgan fingerprint density at radius 1 is 1.44 bits per heavy atom. The van der Waals surface area contributed by atoms with Gasteiger partial charge in [0.2, 0.25) is 0 Å². The third-order valence-electron chi connectivity index (χ3n) is 3.25. The number of ether oxygens (including phenoxy) is 1. The topological polar surface area (TPSA) is 21.3 Å². The molecule has 98 valence electrons. The van der Waals surface area contributed by atoms with Gasteiger partial charge in [-0.05, 0) is 38.8 Å². The molecular formula is C16H23NO. The van der Waals surface area contributed by atoms with Crippen LogP contribution in [0.1, 0.15) is 37.8 Å². The number of unbranched alkanes of at least 4 members (excludes halogenated alkanes) is 1. The Morgan fingerprint density at radius 2 is 2.28 bits per heavy atom. The summed E-state index contributed by atoms with van der Waals surface area (Å²) in [5, 5.41) is 3.47. The van der Waals surface area contributed by atoms with E-state index in [0.717, 1.165) is 38.1 Å². The Morgan fingerprint density at radius 3 is 3.06 bits per heavy atom. The van der Waals surface area contributed by atoms with E-state index in [2.05, 4.69) is 43.9 Å². The van der Waals surface area contributed by atoms with Crippen LogP contribution in [-0.4, -0.2) is 12.1 Å². The van der Waals surface area contributed by atoms with Gasteiger partial charge in [0.15, 0.2) is 0 Å². The Labute approximate surface area is 110 Å². The van der Waals surface area contributed by atoms with Crippen molar-refractivity contribution >= 4 is 0 Å². The van der Waals surface area contributed by atoms with Crippen molar-refractivity contribution in [2.24, 2.45) is 0 Å². The second-order valence-electron chi connectivity index (χ2n) is 5.55. The highest BCUT2D eigenvalue weighted by molar-refractivity contribution is 5.45. The molecule has 0 saturated carbocycles. The summed E-state index contributed by atoms with van der Waals surface area (Å²) in [4.78, 5) is 0. The van der Waals surface area contributed by atoms with Gasteiger partial charge >= 0.3 is 0 Å². The molecule has 1 heterocycles. The first-order valence-corrected chi connectivity index (χ1v) is 6.74. The predicted octanol–water partition coefficient (Wildman–Crippen LogP) is 3.46. The van der Waals surface area contributed by atoms with Crippen molar-refractivity contribution in [2.45, 2.75) is 45.3 Å². The minimum Gasteiger partial charge on any atom is -0.487 e. The van der Waals surface area contributed by atoms with E-state index in [1.54, 1.807) is 0 Å². The number of fused-ring (bicyclic) bond motifs is 1. The number of hydrogen-bond donors (Lipinski definition) is 1. The number of nitrogens with one attached hydrogen (secondary N) is 1. The highest BCUT2D eigenvalue weighted by Gasteiger charge is 2.31. The lowest BCUT2D eigenvalue weighted by atomic mass is 10.0. The van der Waals surface area contributed by atoms with Gasteiger partial charge < -0.3 is 10.1 Å². The molecule has 0 aromatic heterocycles. The summed E-state index contributed by atoms with van der Waals surface area (Å²) in [5.74, 6) is 1.10. The lowest BCUT2D eigenvalue weighted by molar-refractivity contribution is 0.137. The van der Waals surface area contributed by atoms with Crippen LogP contribution in [0.25, 0.3) is 0 Å². The fourth-order valence-corrected chi connectivity index (χ4v) is 2.41. The minimum absolute atomic E-state index is 0.0543. The zero-order chi connectivity index (χ0) is 13.0. The molecule has 0 bridgehead atoms. The van der Waals surface area contributed by atoms with E-state index in [9.17, 15) is 0 Å². The molecule has 0 radical (unpaired) electrons. The lowest BCUT2D eigenvalue weighted by Gasteiger charge is -2.18. The molecule has 1 aliphatic rings. The fourth-order valence-electron chi connectivity index (χ4n) is 2.41. The molecule has 0 fully saturated rings. The van der Waals surface area contributed by atoms with Gasteiger partial charge in [-0.25, -0.2) is 0 Å². The smallest absolute Gasteiger partial charge is 0.127 e. The van der Waals surface area contributed by atoms with Crippen LogP contribution in [0, 0.1) is 0 Å². The van der Waals surface area contributed by atoms with Gasteiger partial charge in [0, 0.05) is 18.5 Å². The Hall–Kier alpha value is -1.28. The summed E-state index contributed by atoms with van der Waals surface area (Å²) in [7, 11) is 0. The van der Waals surface area contributed by atoms with E-state index in [0.29, 0.717) is 0 Å². The first kappa shape index (κ1) is 13.2. The summed E-state index contributed by atoms with van der Waals surface area (Å²) in [6, 6.07) is 6.45. The molecule has 0 amide bonds. The summed E-state index contributed by atoms with van der Waals surface area (Å²) in [5.41, 5.74) is 2.56.